The molecule has 2 rings (SSSR count). The maximum absolute atomic E-state index is 12.4. The first-order valence-corrected chi connectivity index (χ1v) is 9.38. The van der Waals surface area contributed by atoms with E-state index in [1.165, 1.54) is 22.7 Å². The van der Waals surface area contributed by atoms with Gasteiger partial charge in [0, 0.05) is 36.0 Å². The molecule has 0 atom stereocenters. The second-order valence-electron chi connectivity index (χ2n) is 4.27. The van der Waals surface area contributed by atoms with E-state index in [4.69, 9.17) is 0 Å². The van der Waals surface area contributed by atoms with Gasteiger partial charge in [-0.05, 0) is 24.9 Å². The van der Waals surface area contributed by atoms with Crippen LogP contribution >= 0.6 is 22.7 Å². The number of aromatic nitrogens is 1. The van der Waals surface area contributed by atoms with Crippen LogP contribution in [0.25, 0.3) is 0 Å². The molecule has 2 N–H and O–H groups in total. The molecule has 0 bridgehead atoms. The lowest BCUT2D eigenvalue weighted by Crippen LogP contribution is -2.27. The molecule has 2 heterocycles. The fourth-order valence-electron chi connectivity index (χ4n) is 1.87. The van der Waals surface area contributed by atoms with Crippen LogP contribution in [-0.2, 0) is 23.0 Å². The molecule has 20 heavy (non-hydrogen) atoms. The summed E-state index contributed by atoms with van der Waals surface area (Å²) >= 11 is 3.00. The van der Waals surface area contributed by atoms with Crippen LogP contribution in [0, 0.1) is 6.92 Å². The molecule has 0 aromatic carbocycles. The number of rotatable bonds is 7. The lowest BCUT2D eigenvalue weighted by molar-refractivity contribution is 0.580. The zero-order chi connectivity index (χ0) is 14.6. The van der Waals surface area contributed by atoms with E-state index < -0.39 is 10.0 Å². The lowest BCUT2D eigenvalue weighted by atomic mass is 10.3. The molecule has 0 saturated heterocycles. The first-order valence-electron chi connectivity index (χ1n) is 6.14. The molecule has 0 unspecified atom stereocenters. The molecule has 0 saturated carbocycles. The summed E-state index contributed by atoms with van der Waals surface area (Å²) in [7, 11) is -1.65. The standard InChI is InChI=1S/C12H17N3O2S3/c1-9-8-19-10(7-13-2)12(9)20(16,17)15-4-3-11-14-5-6-18-11/h5-6,8,13,15H,3-4,7H2,1-2H3. The summed E-state index contributed by atoms with van der Waals surface area (Å²) in [6.07, 6.45) is 2.34. The average Bonchev–Trinajstić information content (AvgIpc) is 3.00. The zero-order valence-electron chi connectivity index (χ0n) is 11.3. The molecule has 0 radical (unpaired) electrons. The highest BCUT2D eigenvalue weighted by molar-refractivity contribution is 7.89. The van der Waals surface area contributed by atoms with E-state index in [-0.39, 0.29) is 0 Å². The van der Waals surface area contributed by atoms with E-state index >= 15 is 0 Å². The molecule has 0 aliphatic carbocycles. The third-order valence-electron chi connectivity index (χ3n) is 2.71. The molecule has 0 fully saturated rings. The molecular formula is C12H17N3O2S3. The van der Waals surface area contributed by atoms with Crippen molar-refractivity contribution in [1.82, 2.24) is 15.0 Å². The van der Waals surface area contributed by atoms with Crippen LogP contribution in [0.2, 0.25) is 0 Å². The molecule has 2 aromatic rings. The predicted octanol–water partition coefficient (Wildman–Crippen LogP) is 1.75. The lowest BCUT2D eigenvalue weighted by Gasteiger charge is -2.08. The van der Waals surface area contributed by atoms with Gasteiger partial charge in [-0.2, -0.15) is 0 Å². The third-order valence-corrected chi connectivity index (χ3v) is 6.47. The molecule has 0 spiro atoms. The van der Waals surface area contributed by atoms with Crippen LogP contribution in [-0.4, -0.2) is 27.0 Å². The fraction of sp³-hybridized carbons (Fsp3) is 0.417. The van der Waals surface area contributed by atoms with Gasteiger partial charge < -0.3 is 5.32 Å². The van der Waals surface area contributed by atoms with Crippen LogP contribution in [0.5, 0.6) is 0 Å². The zero-order valence-corrected chi connectivity index (χ0v) is 13.8. The minimum atomic E-state index is -3.46. The van der Waals surface area contributed by atoms with Gasteiger partial charge >= 0.3 is 0 Å². The Morgan fingerprint density at radius 3 is 2.80 bits per heavy atom. The van der Waals surface area contributed by atoms with Crippen molar-refractivity contribution in [2.24, 2.45) is 0 Å². The number of thiophene rings is 1. The summed E-state index contributed by atoms with van der Waals surface area (Å²) in [5, 5.41) is 7.70. The Bertz CT molecular complexity index is 648. The van der Waals surface area contributed by atoms with E-state index in [0.717, 1.165) is 15.4 Å². The van der Waals surface area contributed by atoms with Crippen molar-refractivity contribution in [3.8, 4) is 0 Å². The first kappa shape index (κ1) is 15.6. The van der Waals surface area contributed by atoms with Crippen LogP contribution in [0.3, 0.4) is 0 Å². The predicted molar refractivity (Wildman–Crippen MR) is 82.8 cm³/mol. The Kier molecular flexibility index (Phi) is 5.28. The Morgan fingerprint density at radius 1 is 1.35 bits per heavy atom. The van der Waals surface area contributed by atoms with Crippen LogP contribution in [0.15, 0.2) is 21.9 Å². The van der Waals surface area contributed by atoms with Gasteiger partial charge in [0.05, 0.1) is 5.01 Å². The van der Waals surface area contributed by atoms with Crippen LogP contribution < -0.4 is 10.0 Å². The SMILES string of the molecule is CNCc1scc(C)c1S(=O)(=O)NCCc1nccs1. The van der Waals surface area contributed by atoms with E-state index in [9.17, 15) is 8.42 Å². The number of nitrogens with zero attached hydrogens (tertiary/aromatic N) is 1. The van der Waals surface area contributed by atoms with E-state index in [1.54, 1.807) is 13.2 Å². The highest BCUT2D eigenvalue weighted by atomic mass is 32.2. The third kappa shape index (κ3) is 3.64. The summed E-state index contributed by atoms with van der Waals surface area (Å²) in [6.45, 7) is 2.75. The molecule has 110 valence electrons. The second-order valence-corrected chi connectivity index (χ2v) is 7.92. The second kappa shape index (κ2) is 6.77. The number of hydrogen-bond acceptors (Lipinski definition) is 6. The van der Waals surface area contributed by atoms with Crippen LogP contribution in [0.1, 0.15) is 15.4 Å². The highest BCUT2D eigenvalue weighted by Gasteiger charge is 2.22. The Morgan fingerprint density at radius 2 is 2.15 bits per heavy atom. The van der Waals surface area contributed by atoms with E-state index in [0.29, 0.717) is 24.4 Å². The Labute approximate surface area is 127 Å². The number of aryl methyl sites for hydroxylation is 1. The minimum absolute atomic E-state index is 0.365. The van der Waals surface area contributed by atoms with Crippen molar-refractivity contribution in [2.45, 2.75) is 24.8 Å². The van der Waals surface area contributed by atoms with Gasteiger partial charge in [-0.1, -0.05) is 0 Å². The topological polar surface area (TPSA) is 71.1 Å². The van der Waals surface area contributed by atoms with Crippen molar-refractivity contribution in [2.75, 3.05) is 13.6 Å². The Balaban J connectivity index is 2.08. The van der Waals surface area contributed by atoms with Crippen molar-refractivity contribution in [1.29, 1.82) is 0 Å². The number of nitrogens with one attached hydrogen (secondary N) is 2. The van der Waals surface area contributed by atoms with Gasteiger partial charge in [0.1, 0.15) is 4.90 Å². The van der Waals surface area contributed by atoms with Gasteiger partial charge in [-0.25, -0.2) is 18.1 Å². The van der Waals surface area contributed by atoms with E-state index in [1.807, 2.05) is 17.7 Å². The number of sulfonamides is 1. The monoisotopic (exact) mass is 331 g/mol. The molecule has 0 aliphatic heterocycles. The molecular weight excluding hydrogens is 314 g/mol. The van der Waals surface area contributed by atoms with Gasteiger partial charge in [0.15, 0.2) is 0 Å². The number of hydrogen-bond donors (Lipinski definition) is 2. The normalized spacial score (nSPS) is 11.9. The summed E-state index contributed by atoms with van der Waals surface area (Å²) in [4.78, 5) is 5.39. The van der Waals surface area contributed by atoms with Crippen LogP contribution in [0.4, 0.5) is 0 Å². The maximum Gasteiger partial charge on any atom is 0.241 e. The molecule has 2 aromatic heterocycles. The van der Waals surface area contributed by atoms with Crippen molar-refractivity contribution in [3.05, 3.63) is 32.4 Å². The van der Waals surface area contributed by atoms with Gasteiger partial charge in [0.25, 0.3) is 0 Å². The van der Waals surface area contributed by atoms with Crippen molar-refractivity contribution >= 4 is 32.7 Å². The molecule has 5 nitrogen and oxygen atoms in total. The van der Waals surface area contributed by atoms with Crippen molar-refractivity contribution < 1.29 is 8.42 Å². The first-order chi connectivity index (χ1) is 9.54. The van der Waals surface area contributed by atoms with Gasteiger partial charge in [-0.15, -0.1) is 22.7 Å². The van der Waals surface area contributed by atoms with E-state index in [2.05, 4.69) is 15.0 Å². The minimum Gasteiger partial charge on any atom is -0.315 e. The summed E-state index contributed by atoms with van der Waals surface area (Å²) in [6, 6.07) is 0. The largest absolute Gasteiger partial charge is 0.315 e. The highest BCUT2D eigenvalue weighted by Crippen LogP contribution is 2.26. The number of thiazole rings is 1. The summed E-state index contributed by atoms with van der Waals surface area (Å²) in [5.74, 6) is 0. The summed E-state index contributed by atoms with van der Waals surface area (Å²) < 4.78 is 27.4. The van der Waals surface area contributed by atoms with Crippen molar-refractivity contribution in [3.63, 3.8) is 0 Å². The van der Waals surface area contributed by atoms with Gasteiger partial charge in [0.2, 0.25) is 10.0 Å². The maximum atomic E-state index is 12.4. The molecule has 8 heteroatoms. The quantitative estimate of drug-likeness (QED) is 0.811. The molecule has 0 amide bonds. The Hall–Kier alpha value is -0.800. The summed E-state index contributed by atoms with van der Waals surface area (Å²) in [5.41, 5.74) is 0.794. The average molecular weight is 331 g/mol. The smallest absolute Gasteiger partial charge is 0.241 e. The van der Waals surface area contributed by atoms with Gasteiger partial charge in [-0.3, -0.25) is 0 Å². The fourth-order valence-corrected chi connectivity index (χ4v) is 5.34. The molecule has 0 aliphatic rings.